The maximum atomic E-state index is 12.7. The Hall–Kier alpha value is -2.14. The number of benzene rings is 1. The molecule has 1 atom stereocenters. The van der Waals surface area contributed by atoms with Crippen LogP contribution in [0, 0.1) is 5.41 Å². The number of nitrogens with one attached hydrogen (secondary N) is 1. The minimum atomic E-state index is -0.304. The third kappa shape index (κ3) is 3.47. The molecule has 1 aromatic heterocycles. The van der Waals surface area contributed by atoms with Gasteiger partial charge in [-0.05, 0) is 43.7 Å². The molecule has 1 amide bonds. The fourth-order valence-electron chi connectivity index (χ4n) is 3.48. The van der Waals surface area contributed by atoms with Crippen molar-refractivity contribution in [2.45, 2.75) is 32.2 Å². The Bertz CT molecular complexity index is 788. The van der Waals surface area contributed by atoms with Gasteiger partial charge in [0, 0.05) is 29.7 Å². The molecule has 25 heavy (non-hydrogen) atoms. The zero-order valence-corrected chi connectivity index (χ0v) is 15.0. The molecular formula is C19H21ClN4O. The average molecular weight is 357 g/mol. The molecule has 1 aromatic carbocycles. The SMILES string of the molecule is C[C@@H](Nc1cc(-c2ccc(Cl)cc2)ncn1)C(=O)N1CCC2(CC2)C1. The van der Waals surface area contributed by atoms with Gasteiger partial charge in [0.2, 0.25) is 5.91 Å². The maximum Gasteiger partial charge on any atom is 0.244 e. The molecule has 4 rings (SSSR count). The average Bonchev–Trinajstić information content (AvgIpc) is 3.24. The lowest BCUT2D eigenvalue weighted by Crippen LogP contribution is -2.40. The van der Waals surface area contributed by atoms with Gasteiger partial charge in [0.1, 0.15) is 18.2 Å². The monoisotopic (exact) mass is 356 g/mol. The molecule has 0 bridgehead atoms. The molecule has 2 aliphatic rings. The third-order valence-electron chi connectivity index (χ3n) is 5.25. The van der Waals surface area contributed by atoms with Gasteiger partial charge in [0.25, 0.3) is 0 Å². The molecule has 0 unspecified atom stereocenters. The van der Waals surface area contributed by atoms with E-state index in [9.17, 15) is 4.79 Å². The number of likely N-dealkylation sites (tertiary alicyclic amines) is 1. The number of nitrogens with zero attached hydrogens (tertiary/aromatic N) is 3. The number of hydrogen-bond donors (Lipinski definition) is 1. The van der Waals surface area contributed by atoms with Crippen LogP contribution in [0.3, 0.4) is 0 Å². The van der Waals surface area contributed by atoms with Gasteiger partial charge in [-0.15, -0.1) is 0 Å². The van der Waals surface area contributed by atoms with Crippen LogP contribution in [-0.4, -0.2) is 39.9 Å². The molecule has 1 N–H and O–H groups in total. The van der Waals surface area contributed by atoms with E-state index in [2.05, 4.69) is 15.3 Å². The van der Waals surface area contributed by atoms with Crippen molar-refractivity contribution in [1.29, 1.82) is 0 Å². The highest BCUT2D eigenvalue weighted by Crippen LogP contribution is 2.52. The van der Waals surface area contributed by atoms with Crippen LogP contribution in [0.4, 0.5) is 5.82 Å². The van der Waals surface area contributed by atoms with E-state index in [1.165, 1.54) is 19.2 Å². The second-order valence-corrected chi connectivity index (χ2v) is 7.61. The van der Waals surface area contributed by atoms with Crippen molar-refractivity contribution in [3.8, 4) is 11.3 Å². The molecule has 1 saturated heterocycles. The molecule has 1 aliphatic heterocycles. The van der Waals surface area contributed by atoms with Gasteiger partial charge in [-0.25, -0.2) is 9.97 Å². The summed E-state index contributed by atoms with van der Waals surface area (Å²) in [5, 5.41) is 3.91. The van der Waals surface area contributed by atoms with Gasteiger partial charge in [0.05, 0.1) is 5.69 Å². The van der Waals surface area contributed by atoms with Gasteiger partial charge in [0.15, 0.2) is 0 Å². The molecule has 2 fully saturated rings. The first-order valence-corrected chi connectivity index (χ1v) is 9.06. The molecule has 1 saturated carbocycles. The van der Waals surface area contributed by atoms with Gasteiger partial charge in [-0.3, -0.25) is 4.79 Å². The molecule has 2 heterocycles. The maximum absolute atomic E-state index is 12.7. The van der Waals surface area contributed by atoms with E-state index < -0.39 is 0 Å². The number of rotatable bonds is 4. The normalized spacial score (nSPS) is 19.0. The molecule has 2 aromatic rings. The summed E-state index contributed by atoms with van der Waals surface area (Å²) in [6, 6.07) is 9.06. The summed E-state index contributed by atoms with van der Waals surface area (Å²) in [6.45, 7) is 3.69. The second kappa shape index (κ2) is 6.30. The smallest absolute Gasteiger partial charge is 0.244 e. The lowest BCUT2D eigenvalue weighted by molar-refractivity contribution is -0.130. The van der Waals surface area contributed by atoms with Crippen LogP contribution >= 0.6 is 11.6 Å². The zero-order valence-electron chi connectivity index (χ0n) is 14.2. The topological polar surface area (TPSA) is 58.1 Å². The van der Waals surface area contributed by atoms with Crippen LogP contribution in [0.1, 0.15) is 26.2 Å². The summed E-state index contributed by atoms with van der Waals surface area (Å²) in [4.78, 5) is 23.2. The van der Waals surface area contributed by atoms with Crippen molar-refractivity contribution in [3.05, 3.63) is 41.7 Å². The van der Waals surface area contributed by atoms with E-state index in [1.807, 2.05) is 42.2 Å². The second-order valence-electron chi connectivity index (χ2n) is 7.17. The van der Waals surface area contributed by atoms with E-state index >= 15 is 0 Å². The van der Waals surface area contributed by atoms with Crippen molar-refractivity contribution < 1.29 is 4.79 Å². The van der Waals surface area contributed by atoms with Crippen LogP contribution in [-0.2, 0) is 4.79 Å². The Labute approximate surface area is 152 Å². The van der Waals surface area contributed by atoms with Crippen LogP contribution in [0.5, 0.6) is 0 Å². The fourth-order valence-corrected chi connectivity index (χ4v) is 3.61. The zero-order chi connectivity index (χ0) is 17.4. The largest absolute Gasteiger partial charge is 0.359 e. The summed E-state index contributed by atoms with van der Waals surface area (Å²) in [5.74, 6) is 0.802. The number of halogens is 1. The molecule has 0 radical (unpaired) electrons. The summed E-state index contributed by atoms with van der Waals surface area (Å²) >= 11 is 5.93. The summed E-state index contributed by atoms with van der Waals surface area (Å²) in [5.41, 5.74) is 2.21. The Morgan fingerprint density at radius 2 is 2.00 bits per heavy atom. The van der Waals surface area contributed by atoms with E-state index in [0.717, 1.165) is 30.8 Å². The summed E-state index contributed by atoms with van der Waals surface area (Å²) in [6.07, 6.45) is 5.21. The lowest BCUT2D eigenvalue weighted by Gasteiger charge is -2.22. The molecule has 5 nitrogen and oxygen atoms in total. The quantitative estimate of drug-likeness (QED) is 0.909. The molecular weight excluding hydrogens is 336 g/mol. The van der Waals surface area contributed by atoms with Crippen LogP contribution in [0.25, 0.3) is 11.3 Å². The van der Waals surface area contributed by atoms with E-state index in [1.54, 1.807) is 0 Å². The molecule has 1 spiro atoms. The summed E-state index contributed by atoms with van der Waals surface area (Å²) < 4.78 is 0. The molecule has 1 aliphatic carbocycles. The minimum absolute atomic E-state index is 0.149. The first kappa shape index (κ1) is 16.3. The third-order valence-corrected chi connectivity index (χ3v) is 5.50. The predicted molar refractivity (Wildman–Crippen MR) is 98.4 cm³/mol. The number of anilines is 1. The van der Waals surface area contributed by atoms with E-state index in [0.29, 0.717) is 16.3 Å². The van der Waals surface area contributed by atoms with Crippen molar-refractivity contribution in [2.24, 2.45) is 5.41 Å². The highest BCUT2D eigenvalue weighted by Gasteiger charge is 2.49. The number of amides is 1. The predicted octanol–water partition coefficient (Wildman–Crippen LogP) is 3.61. The lowest BCUT2D eigenvalue weighted by atomic mass is 10.1. The van der Waals surface area contributed by atoms with Crippen LogP contribution in [0.2, 0.25) is 5.02 Å². The standard InChI is InChI=1S/C19H21ClN4O/c1-13(18(25)24-9-8-19(11-24)6-7-19)23-17-10-16(21-12-22-17)14-2-4-15(20)5-3-14/h2-5,10,12-13H,6-9,11H2,1H3,(H,21,22,23)/t13-/m1/s1. The minimum Gasteiger partial charge on any atom is -0.359 e. The van der Waals surface area contributed by atoms with Crippen molar-refractivity contribution in [1.82, 2.24) is 14.9 Å². The van der Waals surface area contributed by atoms with E-state index in [-0.39, 0.29) is 11.9 Å². The van der Waals surface area contributed by atoms with Crippen molar-refractivity contribution in [2.75, 3.05) is 18.4 Å². The van der Waals surface area contributed by atoms with Gasteiger partial charge in [-0.2, -0.15) is 0 Å². The van der Waals surface area contributed by atoms with E-state index in [4.69, 9.17) is 11.6 Å². The number of aromatic nitrogens is 2. The van der Waals surface area contributed by atoms with Crippen LogP contribution < -0.4 is 5.32 Å². The number of carbonyl (C=O) groups excluding carboxylic acids is 1. The van der Waals surface area contributed by atoms with Crippen LogP contribution in [0.15, 0.2) is 36.7 Å². The highest BCUT2D eigenvalue weighted by molar-refractivity contribution is 6.30. The summed E-state index contributed by atoms with van der Waals surface area (Å²) in [7, 11) is 0. The van der Waals surface area contributed by atoms with Crippen molar-refractivity contribution in [3.63, 3.8) is 0 Å². The first-order valence-electron chi connectivity index (χ1n) is 8.68. The number of hydrogen-bond acceptors (Lipinski definition) is 4. The molecule has 6 heteroatoms. The Morgan fingerprint density at radius 1 is 1.24 bits per heavy atom. The van der Waals surface area contributed by atoms with Gasteiger partial charge < -0.3 is 10.2 Å². The van der Waals surface area contributed by atoms with Gasteiger partial charge in [-0.1, -0.05) is 23.7 Å². The fraction of sp³-hybridized carbons (Fsp3) is 0.421. The van der Waals surface area contributed by atoms with Gasteiger partial charge >= 0.3 is 0 Å². The Kier molecular flexibility index (Phi) is 4.12. The first-order chi connectivity index (χ1) is 12.0. The molecule has 130 valence electrons. The number of carbonyl (C=O) groups is 1. The van der Waals surface area contributed by atoms with Crippen molar-refractivity contribution >= 4 is 23.3 Å². The highest BCUT2D eigenvalue weighted by atomic mass is 35.5. The Balaban J connectivity index is 1.44. The Morgan fingerprint density at radius 3 is 2.68 bits per heavy atom.